The quantitative estimate of drug-likeness (QED) is 0.539. The number of benzene rings is 2. The third kappa shape index (κ3) is 5.47. The number of hydrogen-bond donors (Lipinski definition) is 2. The summed E-state index contributed by atoms with van der Waals surface area (Å²) in [5, 5.41) is 6.12. The first kappa shape index (κ1) is 20.6. The van der Waals surface area contributed by atoms with E-state index in [2.05, 4.69) is 53.5 Å². The summed E-state index contributed by atoms with van der Waals surface area (Å²) in [7, 11) is 0. The molecule has 0 amide bonds. The van der Waals surface area contributed by atoms with Crippen molar-refractivity contribution in [1.82, 2.24) is 9.97 Å². The number of anilines is 3. The molecule has 29 heavy (non-hydrogen) atoms. The van der Waals surface area contributed by atoms with Crippen molar-refractivity contribution in [3.05, 3.63) is 77.6 Å². The summed E-state index contributed by atoms with van der Waals surface area (Å²) in [6.07, 6.45) is -3.03. The van der Waals surface area contributed by atoms with E-state index in [1.54, 1.807) is 12.1 Å². The maximum Gasteiger partial charge on any atom is 0.416 e. The number of alkyl halides is 3. The molecule has 2 aromatic carbocycles. The molecule has 1 heterocycles. The van der Waals surface area contributed by atoms with Gasteiger partial charge in [0.15, 0.2) is 0 Å². The molecular formula is C22H23F3N4. The molecule has 0 radical (unpaired) electrons. The van der Waals surface area contributed by atoms with Gasteiger partial charge >= 0.3 is 6.18 Å². The first-order chi connectivity index (χ1) is 13.6. The minimum atomic E-state index is -4.39. The highest BCUT2D eigenvalue weighted by Gasteiger charge is 2.32. The molecule has 0 aliphatic rings. The Morgan fingerprint density at radius 2 is 1.52 bits per heavy atom. The summed E-state index contributed by atoms with van der Waals surface area (Å²) in [6.45, 7) is 6.45. The Balaban J connectivity index is 1.69. The smallest absolute Gasteiger partial charge is 0.366 e. The average molecular weight is 400 g/mol. The number of nitrogens with zero attached hydrogens (tertiary/aromatic N) is 2. The third-order valence-electron chi connectivity index (χ3n) is 4.47. The van der Waals surface area contributed by atoms with Crippen molar-refractivity contribution in [2.24, 2.45) is 0 Å². The molecule has 2 N–H and O–H groups in total. The standard InChI is InChI=1S/C22H23F3N4/c1-21(2,3)16-8-10-17(11-9-16)29-20-12-19(27-14-28-20)26-13-15-6-4-5-7-18(15)22(23,24)25/h4-12,14H,13H2,1-3H3,(H2,26,27,28,29). The van der Waals surface area contributed by atoms with Crippen molar-refractivity contribution in [3.63, 3.8) is 0 Å². The van der Waals surface area contributed by atoms with E-state index in [9.17, 15) is 13.2 Å². The summed E-state index contributed by atoms with van der Waals surface area (Å²) in [5.41, 5.74) is 1.66. The SMILES string of the molecule is CC(C)(C)c1ccc(Nc2cc(NCc3ccccc3C(F)(F)F)ncn2)cc1. The van der Waals surface area contributed by atoms with Crippen LogP contribution < -0.4 is 10.6 Å². The molecule has 0 saturated heterocycles. The van der Waals surface area contributed by atoms with Gasteiger partial charge in [0.1, 0.15) is 18.0 Å². The fourth-order valence-electron chi connectivity index (χ4n) is 2.86. The molecule has 0 aliphatic carbocycles. The zero-order valence-electron chi connectivity index (χ0n) is 16.5. The first-order valence-electron chi connectivity index (χ1n) is 9.21. The second-order valence-electron chi connectivity index (χ2n) is 7.75. The van der Waals surface area contributed by atoms with Crippen molar-refractivity contribution in [3.8, 4) is 0 Å². The van der Waals surface area contributed by atoms with Crippen LogP contribution in [0.4, 0.5) is 30.5 Å². The van der Waals surface area contributed by atoms with Gasteiger partial charge in [-0.2, -0.15) is 13.2 Å². The summed E-state index contributed by atoms with van der Waals surface area (Å²) in [6, 6.07) is 15.2. The monoisotopic (exact) mass is 400 g/mol. The molecule has 1 aromatic heterocycles. The second kappa shape index (κ2) is 8.11. The largest absolute Gasteiger partial charge is 0.416 e. The molecule has 0 fully saturated rings. The Labute approximate surface area is 168 Å². The van der Waals surface area contributed by atoms with Crippen LogP contribution in [0.25, 0.3) is 0 Å². The van der Waals surface area contributed by atoms with E-state index in [-0.39, 0.29) is 17.5 Å². The van der Waals surface area contributed by atoms with Crippen molar-refractivity contribution >= 4 is 17.3 Å². The van der Waals surface area contributed by atoms with Gasteiger partial charge in [0.25, 0.3) is 0 Å². The van der Waals surface area contributed by atoms with Crippen molar-refractivity contribution in [2.45, 2.75) is 38.9 Å². The van der Waals surface area contributed by atoms with E-state index < -0.39 is 11.7 Å². The van der Waals surface area contributed by atoms with Gasteiger partial charge in [-0.1, -0.05) is 51.1 Å². The van der Waals surface area contributed by atoms with Crippen LogP contribution in [0.5, 0.6) is 0 Å². The van der Waals surface area contributed by atoms with Crippen LogP contribution in [-0.2, 0) is 18.1 Å². The van der Waals surface area contributed by atoms with Crippen LogP contribution in [-0.4, -0.2) is 9.97 Å². The highest BCUT2D eigenvalue weighted by atomic mass is 19.4. The first-order valence-corrected chi connectivity index (χ1v) is 9.21. The number of aromatic nitrogens is 2. The van der Waals surface area contributed by atoms with Gasteiger partial charge in [0.05, 0.1) is 5.56 Å². The summed E-state index contributed by atoms with van der Waals surface area (Å²) in [4.78, 5) is 8.27. The zero-order chi connectivity index (χ0) is 21.1. The highest BCUT2D eigenvalue weighted by Crippen LogP contribution is 2.32. The molecule has 0 saturated carbocycles. The van der Waals surface area contributed by atoms with Crippen molar-refractivity contribution < 1.29 is 13.2 Å². The fraction of sp³-hybridized carbons (Fsp3) is 0.273. The Hall–Kier alpha value is -3.09. The summed E-state index contributed by atoms with van der Waals surface area (Å²) < 4.78 is 39.4. The fourth-order valence-corrected chi connectivity index (χ4v) is 2.86. The molecule has 152 valence electrons. The van der Waals surface area contributed by atoms with E-state index in [0.717, 1.165) is 11.8 Å². The van der Waals surface area contributed by atoms with E-state index in [1.807, 2.05) is 12.1 Å². The Kier molecular flexibility index (Phi) is 5.77. The predicted molar refractivity (Wildman–Crippen MR) is 109 cm³/mol. The lowest BCUT2D eigenvalue weighted by Crippen LogP contribution is -2.12. The van der Waals surface area contributed by atoms with Crippen LogP contribution in [0, 0.1) is 0 Å². The lowest BCUT2D eigenvalue weighted by molar-refractivity contribution is -0.138. The number of nitrogens with one attached hydrogen (secondary N) is 2. The molecule has 0 aliphatic heterocycles. The third-order valence-corrected chi connectivity index (χ3v) is 4.47. The van der Waals surface area contributed by atoms with E-state index in [0.29, 0.717) is 11.6 Å². The Bertz CT molecular complexity index is 961. The number of hydrogen-bond acceptors (Lipinski definition) is 4. The normalized spacial score (nSPS) is 11.9. The molecule has 0 unspecified atom stereocenters. The van der Waals surface area contributed by atoms with E-state index >= 15 is 0 Å². The zero-order valence-corrected chi connectivity index (χ0v) is 16.5. The molecule has 7 heteroatoms. The topological polar surface area (TPSA) is 49.8 Å². The van der Waals surface area contributed by atoms with E-state index in [1.165, 1.54) is 24.0 Å². The lowest BCUT2D eigenvalue weighted by Gasteiger charge is -2.19. The van der Waals surface area contributed by atoms with Crippen molar-refractivity contribution in [2.75, 3.05) is 10.6 Å². The van der Waals surface area contributed by atoms with Gasteiger partial charge in [-0.15, -0.1) is 0 Å². The van der Waals surface area contributed by atoms with Gasteiger partial charge < -0.3 is 10.6 Å². The molecule has 3 rings (SSSR count). The molecule has 4 nitrogen and oxygen atoms in total. The molecule has 0 atom stereocenters. The van der Waals surface area contributed by atoms with E-state index in [4.69, 9.17) is 0 Å². The number of halogens is 3. The van der Waals surface area contributed by atoms with Gasteiger partial charge in [-0.3, -0.25) is 0 Å². The second-order valence-corrected chi connectivity index (χ2v) is 7.75. The molecule has 0 bridgehead atoms. The maximum absolute atomic E-state index is 13.1. The summed E-state index contributed by atoms with van der Waals surface area (Å²) >= 11 is 0. The van der Waals surface area contributed by atoms with Crippen LogP contribution in [0.2, 0.25) is 0 Å². The van der Waals surface area contributed by atoms with Gasteiger partial charge in [-0.05, 0) is 34.7 Å². The van der Waals surface area contributed by atoms with Crippen molar-refractivity contribution in [1.29, 1.82) is 0 Å². The Morgan fingerprint density at radius 3 is 2.17 bits per heavy atom. The Morgan fingerprint density at radius 1 is 0.862 bits per heavy atom. The van der Waals surface area contributed by atoms with Crippen LogP contribution >= 0.6 is 0 Å². The maximum atomic E-state index is 13.1. The van der Waals surface area contributed by atoms with Crippen LogP contribution in [0.1, 0.15) is 37.5 Å². The summed E-state index contributed by atoms with van der Waals surface area (Å²) in [5.74, 6) is 0.987. The minimum absolute atomic E-state index is 0.00637. The lowest BCUT2D eigenvalue weighted by atomic mass is 9.87. The number of rotatable bonds is 5. The predicted octanol–water partition coefficient (Wildman–Crippen LogP) is 6.15. The highest BCUT2D eigenvalue weighted by molar-refractivity contribution is 5.59. The molecule has 3 aromatic rings. The van der Waals surface area contributed by atoms with Crippen LogP contribution in [0.15, 0.2) is 60.9 Å². The molecular weight excluding hydrogens is 377 g/mol. The van der Waals surface area contributed by atoms with Gasteiger partial charge in [0, 0.05) is 18.3 Å². The van der Waals surface area contributed by atoms with Crippen LogP contribution in [0.3, 0.4) is 0 Å². The van der Waals surface area contributed by atoms with Gasteiger partial charge in [-0.25, -0.2) is 9.97 Å². The average Bonchev–Trinajstić information content (AvgIpc) is 2.66. The minimum Gasteiger partial charge on any atom is -0.366 e. The molecule has 0 spiro atoms. The van der Waals surface area contributed by atoms with Gasteiger partial charge in [0.2, 0.25) is 0 Å².